The Morgan fingerprint density at radius 2 is 1.55 bits per heavy atom. The number of aryl methyl sites for hydroxylation is 3. The number of hydrogen-bond donors (Lipinski definition) is 0. The molecule has 1 atom stereocenters. The Labute approximate surface area is 175 Å². The second kappa shape index (κ2) is 8.78. The summed E-state index contributed by atoms with van der Waals surface area (Å²) in [6, 6.07) is 7.90. The van der Waals surface area contributed by atoms with E-state index < -0.39 is 17.6 Å². The lowest BCUT2D eigenvalue weighted by Gasteiger charge is -2.31. The van der Waals surface area contributed by atoms with E-state index in [-0.39, 0.29) is 23.4 Å². The summed E-state index contributed by atoms with van der Waals surface area (Å²) in [5.74, 6) is -1.66. The van der Waals surface area contributed by atoms with E-state index in [0.717, 1.165) is 28.3 Å². The first-order valence-corrected chi connectivity index (χ1v) is 10.9. The smallest absolute Gasteiger partial charge is 0.159 e. The molecule has 1 fully saturated rings. The zero-order chi connectivity index (χ0) is 21.3. The molecule has 1 aliphatic rings. The van der Waals surface area contributed by atoms with E-state index in [0.29, 0.717) is 23.5 Å². The maximum atomic E-state index is 13.4. The molecule has 0 aromatic heterocycles. The fourth-order valence-corrected chi connectivity index (χ4v) is 5.38. The Bertz CT molecular complexity index is 913. The summed E-state index contributed by atoms with van der Waals surface area (Å²) >= 11 is 1.42. The second-order valence-corrected chi connectivity index (χ2v) is 9.30. The van der Waals surface area contributed by atoms with Crippen molar-refractivity contribution in [1.29, 1.82) is 0 Å². The summed E-state index contributed by atoms with van der Waals surface area (Å²) in [6.07, 6.45) is 0.755. The highest BCUT2D eigenvalue weighted by atomic mass is 32.2. The van der Waals surface area contributed by atoms with E-state index in [2.05, 4.69) is 0 Å². The molecule has 154 valence electrons. The van der Waals surface area contributed by atoms with E-state index in [1.165, 1.54) is 17.8 Å². The number of carbonyl (C=O) groups excluding carboxylic acids is 2. The lowest BCUT2D eigenvalue weighted by atomic mass is 9.71. The van der Waals surface area contributed by atoms with Crippen molar-refractivity contribution in [2.24, 2.45) is 11.8 Å². The molecule has 1 unspecified atom stereocenters. The molecule has 3 rings (SSSR count). The van der Waals surface area contributed by atoms with Gasteiger partial charge in [-0.05, 0) is 67.5 Å². The van der Waals surface area contributed by atoms with Crippen LogP contribution in [0.15, 0.2) is 35.2 Å². The number of carbonyl (C=O) groups is 2. The van der Waals surface area contributed by atoms with Crippen molar-refractivity contribution >= 4 is 23.3 Å². The monoisotopic (exact) mass is 416 g/mol. The van der Waals surface area contributed by atoms with E-state index in [4.69, 9.17) is 0 Å². The highest BCUT2D eigenvalue weighted by Gasteiger charge is 2.39. The van der Waals surface area contributed by atoms with E-state index in [1.807, 2.05) is 39.8 Å². The molecule has 0 radical (unpaired) electrons. The van der Waals surface area contributed by atoms with Crippen LogP contribution >= 0.6 is 11.8 Å². The number of halogens is 2. The predicted octanol–water partition coefficient (Wildman–Crippen LogP) is 5.95. The third-order valence-electron chi connectivity index (χ3n) is 5.81. The zero-order valence-electron chi connectivity index (χ0n) is 17.2. The number of benzene rings is 2. The summed E-state index contributed by atoms with van der Waals surface area (Å²) in [6.45, 7) is 7.95. The number of rotatable bonds is 5. The van der Waals surface area contributed by atoms with Crippen molar-refractivity contribution in [2.75, 3.05) is 5.75 Å². The quantitative estimate of drug-likeness (QED) is 0.446. The van der Waals surface area contributed by atoms with Gasteiger partial charge in [0.25, 0.3) is 0 Å². The SMILES string of the molecule is Cc1cc(C)c(C2C(=O)CC(C(C)CSc3ccc(F)c(F)c3)CC2=O)c(C)c1. The first kappa shape index (κ1) is 21.7. The second-order valence-electron chi connectivity index (χ2n) is 8.21. The molecule has 2 aromatic carbocycles. The molecule has 2 nitrogen and oxygen atoms in total. The van der Waals surface area contributed by atoms with Gasteiger partial charge in [-0.1, -0.05) is 24.6 Å². The Hall–Kier alpha value is -2.01. The van der Waals surface area contributed by atoms with Crippen LogP contribution in [0.1, 0.15) is 47.9 Å². The van der Waals surface area contributed by atoms with Crippen LogP contribution in [0.4, 0.5) is 8.78 Å². The van der Waals surface area contributed by atoms with Crippen LogP contribution < -0.4 is 0 Å². The van der Waals surface area contributed by atoms with Crippen LogP contribution in [0.3, 0.4) is 0 Å². The molecule has 1 saturated carbocycles. The Morgan fingerprint density at radius 1 is 0.966 bits per heavy atom. The number of hydrogen-bond acceptors (Lipinski definition) is 3. The maximum Gasteiger partial charge on any atom is 0.159 e. The minimum absolute atomic E-state index is 0.00835. The molecule has 0 bridgehead atoms. The van der Waals surface area contributed by atoms with Crippen LogP contribution in [0.2, 0.25) is 0 Å². The molecule has 2 aromatic rings. The number of ketones is 2. The summed E-state index contributed by atoms with van der Waals surface area (Å²) in [7, 11) is 0. The molecule has 1 aliphatic carbocycles. The van der Waals surface area contributed by atoms with Gasteiger partial charge in [-0.25, -0.2) is 8.78 Å². The van der Waals surface area contributed by atoms with Crippen molar-refractivity contribution in [3.05, 3.63) is 64.2 Å². The average Bonchev–Trinajstić information content (AvgIpc) is 2.63. The molecule has 0 amide bonds. The fraction of sp³-hybridized carbons (Fsp3) is 0.417. The van der Waals surface area contributed by atoms with E-state index in [1.54, 1.807) is 6.07 Å². The van der Waals surface area contributed by atoms with Crippen LogP contribution in [-0.4, -0.2) is 17.3 Å². The van der Waals surface area contributed by atoms with Gasteiger partial charge in [0.05, 0.1) is 0 Å². The first-order chi connectivity index (χ1) is 13.7. The Morgan fingerprint density at radius 3 is 2.10 bits per heavy atom. The lowest BCUT2D eigenvalue weighted by molar-refractivity contribution is -0.134. The van der Waals surface area contributed by atoms with Crippen LogP contribution in [0, 0.1) is 44.2 Å². The van der Waals surface area contributed by atoms with Crippen molar-refractivity contribution in [1.82, 2.24) is 0 Å². The van der Waals surface area contributed by atoms with Gasteiger partial charge in [0, 0.05) is 23.5 Å². The minimum atomic E-state index is -0.864. The topological polar surface area (TPSA) is 34.1 Å². The third-order valence-corrected chi connectivity index (χ3v) is 7.09. The van der Waals surface area contributed by atoms with Gasteiger partial charge in [0.1, 0.15) is 17.5 Å². The average molecular weight is 417 g/mol. The highest BCUT2D eigenvalue weighted by Crippen LogP contribution is 2.38. The third kappa shape index (κ3) is 4.77. The molecular weight excluding hydrogens is 390 g/mol. The Balaban J connectivity index is 1.68. The van der Waals surface area contributed by atoms with Crippen molar-refractivity contribution < 1.29 is 18.4 Å². The summed E-state index contributed by atoms with van der Waals surface area (Å²) < 4.78 is 26.4. The van der Waals surface area contributed by atoms with Gasteiger partial charge in [-0.2, -0.15) is 0 Å². The van der Waals surface area contributed by atoms with E-state index in [9.17, 15) is 18.4 Å². The zero-order valence-corrected chi connectivity index (χ0v) is 18.0. The molecule has 0 saturated heterocycles. The van der Waals surface area contributed by atoms with Gasteiger partial charge in [0.2, 0.25) is 0 Å². The minimum Gasteiger partial charge on any atom is -0.299 e. The fourth-order valence-electron chi connectivity index (χ4n) is 4.31. The normalized spacial score (nSPS) is 20.8. The standard InChI is InChI=1S/C24H26F2O2S/c1-13-7-14(2)23(15(3)8-13)24-21(27)9-17(10-22(24)28)16(4)12-29-18-5-6-19(25)20(26)11-18/h5-8,11,16-17,24H,9-10,12H2,1-4H3. The van der Waals surface area contributed by atoms with Crippen molar-refractivity contribution in [2.45, 2.75) is 51.3 Å². The summed E-state index contributed by atoms with van der Waals surface area (Å²) in [5.41, 5.74) is 3.98. The molecule has 29 heavy (non-hydrogen) atoms. The Kier molecular flexibility index (Phi) is 6.57. The highest BCUT2D eigenvalue weighted by molar-refractivity contribution is 7.99. The van der Waals surface area contributed by atoms with Crippen molar-refractivity contribution in [3.63, 3.8) is 0 Å². The lowest BCUT2D eigenvalue weighted by Crippen LogP contribution is -2.35. The molecule has 0 heterocycles. The van der Waals surface area contributed by atoms with Gasteiger partial charge in [-0.3, -0.25) is 9.59 Å². The molecule has 5 heteroatoms. The van der Waals surface area contributed by atoms with Crippen molar-refractivity contribution in [3.8, 4) is 0 Å². The molecule has 0 spiro atoms. The van der Waals surface area contributed by atoms with Gasteiger partial charge in [0.15, 0.2) is 11.6 Å². The maximum absolute atomic E-state index is 13.4. The van der Waals surface area contributed by atoms with Gasteiger partial charge < -0.3 is 0 Å². The predicted molar refractivity (Wildman–Crippen MR) is 112 cm³/mol. The van der Waals surface area contributed by atoms with Crippen LogP contribution in [0.25, 0.3) is 0 Å². The molecule has 0 N–H and O–H groups in total. The number of Topliss-reactive ketones (excluding diaryl/α,β-unsaturated/α-hetero) is 2. The first-order valence-electron chi connectivity index (χ1n) is 9.88. The van der Waals surface area contributed by atoms with E-state index >= 15 is 0 Å². The van der Waals surface area contributed by atoms with Crippen LogP contribution in [0.5, 0.6) is 0 Å². The summed E-state index contributed by atoms with van der Waals surface area (Å²) in [4.78, 5) is 26.5. The van der Waals surface area contributed by atoms with Gasteiger partial charge in [-0.15, -0.1) is 11.8 Å². The molecule has 0 aliphatic heterocycles. The number of thioether (sulfide) groups is 1. The summed E-state index contributed by atoms with van der Waals surface area (Å²) in [5, 5.41) is 0. The van der Waals surface area contributed by atoms with Gasteiger partial charge >= 0.3 is 0 Å². The van der Waals surface area contributed by atoms with Crippen LogP contribution in [-0.2, 0) is 9.59 Å². The largest absolute Gasteiger partial charge is 0.299 e. The molecular formula is C24H26F2O2S.